The van der Waals surface area contributed by atoms with Gasteiger partial charge in [0.2, 0.25) is 0 Å². The van der Waals surface area contributed by atoms with Crippen LogP contribution in [-0.2, 0) is 9.53 Å². The number of carbonyl (C=O) groups is 1. The van der Waals surface area contributed by atoms with Crippen LogP contribution in [0.2, 0.25) is 0 Å². The highest BCUT2D eigenvalue weighted by Crippen LogP contribution is 2.20. The van der Waals surface area contributed by atoms with E-state index in [0.717, 1.165) is 0 Å². The van der Waals surface area contributed by atoms with Crippen molar-refractivity contribution in [2.75, 3.05) is 13.7 Å². The van der Waals surface area contributed by atoms with Gasteiger partial charge in [0.15, 0.2) is 0 Å². The summed E-state index contributed by atoms with van der Waals surface area (Å²) in [6.07, 6.45) is 1.48. The Bertz CT molecular complexity index is 519. The SMILES string of the molecule is COC(=O)C(COc1ccc(F)cc1)c1ccco1. The zero-order valence-corrected chi connectivity index (χ0v) is 10.3. The minimum absolute atomic E-state index is 0.0613. The van der Waals surface area contributed by atoms with Gasteiger partial charge in [0, 0.05) is 0 Å². The lowest BCUT2D eigenvalue weighted by Crippen LogP contribution is -2.20. The van der Waals surface area contributed by atoms with Crippen LogP contribution >= 0.6 is 0 Å². The summed E-state index contributed by atoms with van der Waals surface area (Å²) in [5.74, 6) is -0.499. The molecule has 0 fully saturated rings. The predicted molar refractivity (Wildman–Crippen MR) is 65.4 cm³/mol. The molecule has 100 valence electrons. The van der Waals surface area contributed by atoms with E-state index in [1.807, 2.05) is 0 Å². The first-order valence-electron chi connectivity index (χ1n) is 5.70. The quantitative estimate of drug-likeness (QED) is 0.779. The van der Waals surface area contributed by atoms with Crippen LogP contribution in [0.3, 0.4) is 0 Å². The second-order valence-corrected chi connectivity index (χ2v) is 3.86. The van der Waals surface area contributed by atoms with Gasteiger partial charge in [0.1, 0.15) is 29.9 Å². The van der Waals surface area contributed by atoms with Gasteiger partial charge >= 0.3 is 5.97 Å². The summed E-state index contributed by atoms with van der Waals surface area (Å²) in [5, 5.41) is 0. The number of hydrogen-bond donors (Lipinski definition) is 0. The van der Waals surface area contributed by atoms with Gasteiger partial charge in [0.25, 0.3) is 0 Å². The van der Waals surface area contributed by atoms with Gasteiger partial charge < -0.3 is 13.9 Å². The van der Waals surface area contributed by atoms with Crippen molar-refractivity contribution < 1.29 is 23.1 Å². The highest BCUT2D eigenvalue weighted by atomic mass is 19.1. The molecule has 0 bridgehead atoms. The molecule has 1 unspecified atom stereocenters. The molecule has 0 saturated heterocycles. The van der Waals surface area contributed by atoms with Crippen LogP contribution in [0.4, 0.5) is 4.39 Å². The Balaban J connectivity index is 2.05. The van der Waals surface area contributed by atoms with Crippen LogP contribution in [0.1, 0.15) is 11.7 Å². The Kier molecular flexibility index (Phi) is 4.18. The molecule has 0 aliphatic heterocycles. The smallest absolute Gasteiger partial charge is 0.319 e. The van der Waals surface area contributed by atoms with Gasteiger partial charge in [-0.1, -0.05) is 0 Å². The maximum atomic E-state index is 12.7. The molecule has 0 aliphatic carbocycles. The largest absolute Gasteiger partial charge is 0.492 e. The Hall–Kier alpha value is -2.30. The highest BCUT2D eigenvalue weighted by molar-refractivity contribution is 5.77. The maximum Gasteiger partial charge on any atom is 0.319 e. The fourth-order valence-electron chi connectivity index (χ4n) is 1.61. The third-order valence-corrected chi connectivity index (χ3v) is 2.60. The number of esters is 1. The minimum atomic E-state index is -0.648. The van der Waals surface area contributed by atoms with Gasteiger partial charge in [-0.2, -0.15) is 0 Å². The lowest BCUT2D eigenvalue weighted by atomic mass is 10.1. The van der Waals surface area contributed by atoms with E-state index < -0.39 is 11.9 Å². The zero-order chi connectivity index (χ0) is 13.7. The number of halogens is 1. The molecule has 2 aromatic rings. The van der Waals surface area contributed by atoms with Crippen molar-refractivity contribution in [3.63, 3.8) is 0 Å². The van der Waals surface area contributed by atoms with E-state index in [4.69, 9.17) is 13.9 Å². The van der Waals surface area contributed by atoms with Crippen molar-refractivity contribution in [2.45, 2.75) is 5.92 Å². The summed E-state index contributed by atoms with van der Waals surface area (Å²) < 4.78 is 28.1. The lowest BCUT2D eigenvalue weighted by Gasteiger charge is -2.13. The van der Waals surface area contributed by atoms with Crippen LogP contribution in [-0.4, -0.2) is 19.7 Å². The van der Waals surface area contributed by atoms with Gasteiger partial charge in [0.05, 0.1) is 13.4 Å². The van der Waals surface area contributed by atoms with Crippen LogP contribution < -0.4 is 4.74 Å². The number of furan rings is 1. The number of ether oxygens (including phenoxy) is 2. The number of benzene rings is 1. The van der Waals surface area contributed by atoms with Crippen molar-refractivity contribution in [2.24, 2.45) is 0 Å². The van der Waals surface area contributed by atoms with Gasteiger partial charge in [-0.15, -0.1) is 0 Å². The summed E-state index contributed by atoms with van der Waals surface area (Å²) in [7, 11) is 1.30. The van der Waals surface area contributed by atoms with Crippen LogP contribution in [0.15, 0.2) is 47.1 Å². The molecular formula is C14H13FO4. The topological polar surface area (TPSA) is 48.7 Å². The Morgan fingerprint density at radius 3 is 2.63 bits per heavy atom. The number of hydrogen-bond acceptors (Lipinski definition) is 4. The summed E-state index contributed by atoms with van der Waals surface area (Å²) in [6, 6.07) is 8.92. The molecule has 0 radical (unpaired) electrons. The number of methoxy groups -OCH3 is 1. The molecule has 1 heterocycles. The molecule has 19 heavy (non-hydrogen) atoms. The number of rotatable bonds is 5. The maximum absolute atomic E-state index is 12.7. The van der Waals surface area contributed by atoms with Crippen molar-refractivity contribution in [1.29, 1.82) is 0 Å². The molecule has 0 N–H and O–H groups in total. The van der Waals surface area contributed by atoms with E-state index in [-0.39, 0.29) is 12.4 Å². The summed E-state index contributed by atoms with van der Waals surface area (Å²) in [6.45, 7) is 0.0613. The lowest BCUT2D eigenvalue weighted by molar-refractivity contribution is -0.143. The predicted octanol–water partition coefficient (Wildman–Crippen LogP) is 2.75. The average Bonchev–Trinajstić information content (AvgIpc) is 2.94. The second-order valence-electron chi connectivity index (χ2n) is 3.86. The molecule has 0 aliphatic rings. The van der Waals surface area contributed by atoms with E-state index in [1.54, 1.807) is 12.1 Å². The van der Waals surface area contributed by atoms with Crippen LogP contribution in [0.5, 0.6) is 5.75 Å². The first-order valence-corrected chi connectivity index (χ1v) is 5.70. The molecule has 2 rings (SSSR count). The zero-order valence-electron chi connectivity index (χ0n) is 10.3. The first-order chi connectivity index (χ1) is 9.20. The highest BCUT2D eigenvalue weighted by Gasteiger charge is 2.25. The Labute approximate surface area is 109 Å². The molecule has 0 amide bonds. The fraction of sp³-hybridized carbons (Fsp3) is 0.214. The van der Waals surface area contributed by atoms with E-state index in [2.05, 4.69) is 0 Å². The van der Waals surface area contributed by atoms with E-state index in [0.29, 0.717) is 11.5 Å². The fourth-order valence-corrected chi connectivity index (χ4v) is 1.61. The second kappa shape index (κ2) is 6.04. The standard InChI is InChI=1S/C14H13FO4/c1-17-14(16)12(13-3-2-8-18-13)9-19-11-6-4-10(15)5-7-11/h2-8,12H,9H2,1H3. The van der Waals surface area contributed by atoms with E-state index >= 15 is 0 Å². The van der Waals surface area contributed by atoms with Gasteiger partial charge in [-0.3, -0.25) is 4.79 Å². The molecule has 5 heteroatoms. The molecule has 0 saturated carbocycles. The molecule has 1 aromatic heterocycles. The first kappa shape index (κ1) is 13.1. The Morgan fingerprint density at radius 1 is 1.32 bits per heavy atom. The summed E-state index contributed by atoms with van der Waals surface area (Å²) in [4.78, 5) is 11.7. The van der Waals surface area contributed by atoms with Crippen molar-refractivity contribution in [3.05, 3.63) is 54.2 Å². The van der Waals surface area contributed by atoms with E-state index in [9.17, 15) is 9.18 Å². The van der Waals surface area contributed by atoms with Gasteiger partial charge in [-0.25, -0.2) is 4.39 Å². The average molecular weight is 264 g/mol. The molecular weight excluding hydrogens is 251 g/mol. The molecule has 1 atom stereocenters. The van der Waals surface area contributed by atoms with Crippen molar-refractivity contribution >= 4 is 5.97 Å². The molecule has 0 spiro atoms. The Morgan fingerprint density at radius 2 is 2.05 bits per heavy atom. The third-order valence-electron chi connectivity index (χ3n) is 2.60. The summed E-state index contributed by atoms with van der Waals surface area (Å²) >= 11 is 0. The van der Waals surface area contributed by atoms with E-state index in [1.165, 1.54) is 37.6 Å². The van der Waals surface area contributed by atoms with Crippen molar-refractivity contribution in [3.8, 4) is 5.75 Å². The third kappa shape index (κ3) is 3.34. The number of carbonyl (C=O) groups excluding carboxylic acids is 1. The summed E-state index contributed by atoms with van der Waals surface area (Å²) in [5.41, 5.74) is 0. The van der Waals surface area contributed by atoms with Crippen LogP contribution in [0.25, 0.3) is 0 Å². The normalized spacial score (nSPS) is 11.9. The molecule has 4 nitrogen and oxygen atoms in total. The van der Waals surface area contributed by atoms with Gasteiger partial charge in [-0.05, 0) is 36.4 Å². The van der Waals surface area contributed by atoms with Crippen molar-refractivity contribution in [1.82, 2.24) is 0 Å². The molecule has 1 aromatic carbocycles. The monoisotopic (exact) mass is 264 g/mol. The minimum Gasteiger partial charge on any atom is -0.492 e. The van der Waals surface area contributed by atoms with Crippen LogP contribution in [0, 0.1) is 5.82 Å².